The van der Waals surface area contributed by atoms with E-state index in [1.165, 1.54) is 0 Å². The van der Waals surface area contributed by atoms with Gasteiger partial charge in [0.15, 0.2) is 0 Å². The largest absolute Gasteiger partial charge is 0.392 e. The number of hydrogen-bond acceptors (Lipinski definition) is 6. The molecule has 0 radical (unpaired) electrons. The molecule has 1 aliphatic rings. The van der Waals surface area contributed by atoms with Gasteiger partial charge in [0.1, 0.15) is 5.69 Å². The number of hydrogen-bond donors (Lipinski definition) is 1. The topological polar surface area (TPSA) is 81.3 Å². The summed E-state index contributed by atoms with van der Waals surface area (Å²) in [4.78, 5) is 8.52. The Bertz CT molecular complexity index is 570. The summed E-state index contributed by atoms with van der Waals surface area (Å²) in [6.07, 6.45) is 1.80. The van der Waals surface area contributed by atoms with Crippen LogP contribution >= 0.6 is 0 Å². The van der Waals surface area contributed by atoms with Crippen molar-refractivity contribution in [1.82, 2.24) is 15.1 Å². The van der Waals surface area contributed by atoms with E-state index in [0.717, 1.165) is 5.56 Å². The van der Waals surface area contributed by atoms with Crippen LogP contribution in [0, 0.1) is 6.92 Å². The second kappa shape index (κ2) is 5.07. The average molecular weight is 261 g/mol. The van der Waals surface area contributed by atoms with Crippen LogP contribution in [-0.4, -0.2) is 39.5 Å². The van der Waals surface area contributed by atoms with Crippen molar-refractivity contribution in [3.05, 3.63) is 29.8 Å². The van der Waals surface area contributed by atoms with Crippen LogP contribution in [0.1, 0.15) is 23.8 Å². The Hall–Kier alpha value is -1.79. The lowest BCUT2D eigenvalue weighted by Crippen LogP contribution is -2.30. The van der Waals surface area contributed by atoms with Gasteiger partial charge in [-0.3, -0.25) is 4.98 Å². The van der Waals surface area contributed by atoms with Gasteiger partial charge >= 0.3 is 0 Å². The van der Waals surface area contributed by atoms with E-state index in [0.29, 0.717) is 37.0 Å². The molecular formula is C13H15N3O3. The van der Waals surface area contributed by atoms with Crippen molar-refractivity contribution in [3.8, 4) is 11.5 Å². The molecule has 100 valence electrons. The molecule has 1 saturated heterocycles. The number of rotatable bonds is 2. The normalized spacial score (nSPS) is 23.5. The minimum atomic E-state index is -0.493. The summed E-state index contributed by atoms with van der Waals surface area (Å²) in [6, 6.07) is 3.80. The van der Waals surface area contributed by atoms with Gasteiger partial charge in [-0.05, 0) is 31.0 Å². The quantitative estimate of drug-likeness (QED) is 0.877. The van der Waals surface area contributed by atoms with E-state index in [1.54, 1.807) is 6.20 Å². The first-order valence-corrected chi connectivity index (χ1v) is 6.26. The number of ether oxygens (including phenoxy) is 1. The molecule has 1 aliphatic heterocycles. The summed E-state index contributed by atoms with van der Waals surface area (Å²) in [5.41, 5.74) is 1.75. The molecule has 2 atom stereocenters. The molecule has 3 rings (SSSR count). The molecule has 0 amide bonds. The smallest absolute Gasteiger partial charge is 0.235 e. The standard InChI is InChI=1S/C13H15N3O3/c1-8-2-4-14-10(6-8)12-15-13(19-16-12)9-7-18-5-3-11(9)17/h2,4,6,9,11,17H,3,5,7H2,1H3. The maximum absolute atomic E-state index is 9.92. The van der Waals surface area contributed by atoms with Gasteiger partial charge in [-0.25, -0.2) is 0 Å². The highest BCUT2D eigenvalue weighted by molar-refractivity contribution is 5.49. The zero-order chi connectivity index (χ0) is 13.2. The van der Waals surface area contributed by atoms with Crippen molar-refractivity contribution in [1.29, 1.82) is 0 Å². The van der Waals surface area contributed by atoms with Gasteiger partial charge in [-0.2, -0.15) is 4.98 Å². The van der Waals surface area contributed by atoms with Crippen LogP contribution in [0.5, 0.6) is 0 Å². The maximum Gasteiger partial charge on any atom is 0.235 e. The van der Waals surface area contributed by atoms with Crippen LogP contribution in [0.25, 0.3) is 11.5 Å². The summed E-state index contributed by atoms with van der Waals surface area (Å²) in [5, 5.41) is 13.8. The first-order valence-electron chi connectivity index (χ1n) is 6.26. The van der Waals surface area contributed by atoms with Gasteiger partial charge in [0.2, 0.25) is 11.7 Å². The van der Waals surface area contributed by atoms with Gasteiger partial charge in [0.25, 0.3) is 0 Å². The summed E-state index contributed by atoms with van der Waals surface area (Å²) in [6.45, 7) is 2.95. The van der Waals surface area contributed by atoms with E-state index in [4.69, 9.17) is 9.26 Å². The van der Waals surface area contributed by atoms with Crippen molar-refractivity contribution in [3.63, 3.8) is 0 Å². The Morgan fingerprint density at radius 1 is 1.42 bits per heavy atom. The highest BCUT2D eigenvalue weighted by atomic mass is 16.5. The summed E-state index contributed by atoms with van der Waals surface area (Å²) >= 11 is 0. The highest BCUT2D eigenvalue weighted by Gasteiger charge is 2.30. The molecule has 0 aliphatic carbocycles. The third-order valence-electron chi connectivity index (χ3n) is 3.22. The van der Waals surface area contributed by atoms with Crippen molar-refractivity contribution in [2.45, 2.75) is 25.4 Å². The minimum Gasteiger partial charge on any atom is -0.392 e. The fraction of sp³-hybridized carbons (Fsp3) is 0.462. The second-order valence-corrected chi connectivity index (χ2v) is 4.71. The van der Waals surface area contributed by atoms with Gasteiger partial charge in [-0.15, -0.1) is 0 Å². The molecule has 6 nitrogen and oxygen atoms in total. The van der Waals surface area contributed by atoms with Gasteiger partial charge < -0.3 is 14.4 Å². The predicted molar refractivity (Wildman–Crippen MR) is 66.4 cm³/mol. The molecule has 0 saturated carbocycles. The lowest BCUT2D eigenvalue weighted by Gasteiger charge is -2.24. The molecule has 0 aromatic carbocycles. The number of nitrogens with zero attached hydrogens (tertiary/aromatic N) is 3. The van der Waals surface area contributed by atoms with E-state index < -0.39 is 6.10 Å². The molecular weight excluding hydrogens is 246 g/mol. The third-order valence-corrected chi connectivity index (χ3v) is 3.22. The maximum atomic E-state index is 9.92. The lowest BCUT2D eigenvalue weighted by atomic mass is 9.99. The number of aliphatic hydroxyl groups is 1. The molecule has 2 aromatic heterocycles. The van der Waals surface area contributed by atoms with Crippen molar-refractivity contribution in [2.75, 3.05) is 13.2 Å². The van der Waals surface area contributed by atoms with Crippen LogP contribution in [0.3, 0.4) is 0 Å². The van der Waals surface area contributed by atoms with E-state index in [2.05, 4.69) is 15.1 Å². The summed E-state index contributed by atoms with van der Waals surface area (Å²) in [7, 11) is 0. The Morgan fingerprint density at radius 3 is 3.11 bits per heavy atom. The number of aryl methyl sites for hydroxylation is 1. The molecule has 19 heavy (non-hydrogen) atoms. The Balaban J connectivity index is 1.86. The van der Waals surface area contributed by atoms with Crippen LogP contribution in [0.4, 0.5) is 0 Å². The van der Waals surface area contributed by atoms with Crippen molar-refractivity contribution < 1.29 is 14.4 Å². The van der Waals surface area contributed by atoms with E-state index in [9.17, 15) is 5.11 Å². The number of aliphatic hydroxyl groups excluding tert-OH is 1. The van der Waals surface area contributed by atoms with E-state index >= 15 is 0 Å². The minimum absolute atomic E-state index is 0.250. The summed E-state index contributed by atoms with van der Waals surface area (Å²) in [5.74, 6) is 0.599. The lowest BCUT2D eigenvalue weighted by molar-refractivity contribution is -0.0149. The Labute approximate surface area is 110 Å². The van der Waals surface area contributed by atoms with Crippen LogP contribution in [0.15, 0.2) is 22.9 Å². The van der Waals surface area contributed by atoms with Gasteiger partial charge in [-0.1, -0.05) is 5.16 Å². The SMILES string of the molecule is Cc1ccnc(-c2noc(C3COCCC3O)n2)c1. The molecule has 3 heterocycles. The van der Waals surface area contributed by atoms with Crippen molar-refractivity contribution in [2.24, 2.45) is 0 Å². The monoisotopic (exact) mass is 261 g/mol. The van der Waals surface area contributed by atoms with E-state index in [-0.39, 0.29) is 5.92 Å². The third kappa shape index (κ3) is 2.50. The van der Waals surface area contributed by atoms with Crippen LogP contribution in [-0.2, 0) is 4.74 Å². The summed E-state index contributed by atoms with van der Waals surface area (Å²) < 4.78 is 10.6. The number of pyridine rings is 1. The fourth-order valence-corrected chi connectivity index (χ4v) is 2.11. The number of aromatic nitrogens is 3. The zero-order valence-corrected chi connectivity index (χ0v) is 10.6. The van der Waals surface area contributed by atoms with Gasteiger partial charge in [0, 0.05) is 12.8 Å². The first-order chi connectivity index (χ1) is 9.24. The van der Waals surface area contributed by atoms with Crippen LogP contribution in [0.2, 0.25) is 0 Å². The van der Waals surface area contributed by atoms with Crippen molar-refractivity contribution >= 4 is 0 Å². The zero-order valence-electron chi connectivity index (χ0n) is 10.6. The molecule has 0 bridgehead atoms. The van der Waals surface area contributed by atoms with Crippen LogP contribution < -0.4 is 0 Å². The molecule has 0 spiro atoms. The highest BCUT2D eigenvalue weighted by Crippen LogP contribution is 2.26. The average Bonchev–Trinajstić information content (AvgIpc) is 2.89. The van der Waals surface area contributed by atoms with E-state index in [1.807, 2.05) is 19.1 Å². The molecule has 2 unspecified atom stereocenters. The Morgan fingerprint density at radius 2 is 2.32 bits per heavy atom. The molecule has 2 aromatic rings. The Kier molecular flexibility index (Phi) is 3.27. The molecule has 1 N–H and O–H groups in total. The second-order valence-electron chi connectivity index (χ2n) is 4.71. The molecule has 6 heteroatoms. The predicted octanol–water partition coefficient (Wildman–Crippen LogP) is 1.30. The first kappa shape index (κ1) is 12.3. The fourth-order valence-electron chi connectivity index (χ4n) is 2.11. The molecule has 1 fully saturated rings. The van der Waals surface area contributed by atoms with Gasteiger partial charge in [0.05, 0.1) is 18.6 Å².